The summed E-state index contributed by atoms with van der Waals surface area (Å²) in [7, 11) is 0. The van der Waals surface area contributed by atoms with Crippen LogP contribution in [-0.2, 0) is 4.79 Å². The number of hydrogen-bond donors (Lipinski definition) is 1. The van der Waals surface area contributed by atoms with E-state index in [-0.39, 0.29) is 0 Å². The maximum atomic E-state index is 10.5. The van der Waals surface area contributed by atoms with E-state index in [1.54, 1.807) is 6.20 Å². The molecule has 2 unspecified atom stereocenters. The number of carboxylic acids is 1. The average Bonchev–Trinajstić information content (AvgIpc) is 2.26. The number of piperidine rings is 1. The zero-order chi connectivity index (χ0) is 11.5. The summed E-state index contributed by atoms with van der Waals surface area (Å²) in [5.74, 6) is -0.863. The minimum atomic E-state index is -0.863. The fourth-order valence-electron chi connectivity index (χ4n) is 2.74. The third-order valence-corrected chi connectivity index (χ3v) is 3.64. The summed E-state index contributed by atoms with van der Waals surface area (Å²) >= 11 is 0. The smallest absolute Gasteiger partial charge is 0.329 e. The van der Waals surface area contributed by atoms with E-state index in [1.165, 1.54) is 31.9 Å². The van der Waals surface area contributed by atoms with Gasteiger partial charge in [-0.25, -0.2) is 4.79 Å². The monoisotopic (exact) mass is 224 g/mol. The van der Waals surface area contributed by atoms with Crippen molar-refractivity contribution in [2.24, 2.45) is 0 Å². The molecule has 0 aliphatic carbocycles. The summed E-state index contributed by atoms with van der Waals surface area (Å²) in [6.45, 7) is 5.42. The third kappa shape index (κ3) is 2.55. The Kier molecular flexibility index (Phi) is 3.49. The Balaban J connectivity index is 1.97. The summed E-state index contributed by atoms with van der Waals surface area (Å²) in [6.07, 6.45) is 6.86. The Bertz CT molecular complexity index is 291. The molecule has 2 aliphatic heterocycles. The van der Waals surface area contributed by atoms with Crippen LogP contribution in [0.3, 0.4) is 0 Å². The van der Waals surface area contributed by atoms with Crippen LogP contribution in [0.15, 0.2) is 12.3 Å². The van der Waals surface area contributed by atoms with E-state index < -0.39 is 5.97 Å². The van der Waals surface area contributed by atoms with Crippen molar-refractivity contribution in [2.75, 3.05) is 19.6 Å². The Morgan fingerprint density at radius 3 is 2.94 bits per heavy atom. The van der Waals surface area contributed by atoms with E-state index in [1.807, 2.05) is 0 Å². The summed E-state index contributed by atoms with van der Waals surface area (Å²) in [6, 6.07) is 1.05. The van der Waals surface area contributed by atoms with Crippen LogP contribution in [0, 0.1) is 0 Å². The zero-order valence-corrected chi connectivity index (χ0v) is 9.80. The predicted octanol–water partition coefficient (Wildman–Crippen LogP) is 1.14. The highest BCUT2D eigenvalue weighted by molar-refractivity contribution is 5.79. The molecule has 1 N–H and O–H groups in total. The highest BCUT2D eigenvalue weighted by atomic mass is 16.4. The summed E-state index contributed by atoms with van der Waals surface area (Å²) in [5.41, 5.74) is 0. The molecule has 0 aromatic carbocycles. The number of fused-ring (bicyclic) bond motifs is 1. The van der Waals surface area contributed by atoms with Crippen LogP contribution in [0.25, 0.3) is 0 Å². The Hall–Kier alpha value is -1.03. The van der Waals surface area contributed by atoms with Crippen LogP contribution in [0.1, 0.15) is 26.2 Å². The fraction of sp³-hybridized carbons (Fsp3) is 0.750. The van der Waals surface area contributed by atoms with Crippen LogP contribution < -0.4 is 0 Å². The Morgan fingerprint density at radius 2 is 2.19 bits per heavy atom. The summed E-state index contributed by atoms with van der Waals surface area (Å²) in [5, 5.41) is 8.64. The molecule has 0 bridgehead atoms. The average molecular weight is 224 g/mol. The normalized spacial score (nSPS) is 31.7. The molecule has 0 saturated carbocycles. The minimum absolute atomic E-state index is 0.421. The van der Waals surface area contributed by atoms with Gasteiger partial charge in [0, 0.05) is 37.4 Å². The highest BCUT2D eigenvalue weighted by Gasteiger charge is 2.31. The van der Waals surface area contributed by atoms with Crippen molar-refractivity contribution in [3.05, 3.63) is 12.3 Å². The number of rotatable bonds is 2. The molecule has 2 heterocycles. The maximum Gasteiger partial charge on any atom is 0.329 e. The molecule has 0 aromatic rings. The second kappa shape index (κ2) is 4.87. The molecule has 0 radical (unpaired) electrons. The molecule has 0 spiro atoms. The number of carbonyl (C=O) groups is 1. The molecule has 0 amide bonds. The van der Waals surface area contributed by atoms with Gasteiger partial charge in [0.15, 0.2) is 0 Å². The molecule has 90 valence electrons. The van der Waals surface area contributed by atoms with Gasteiger partial charge < -0.3 is 10.0 Å². The SMILES string of the molecule is CC1CN2CCCCC2CN1C=CC(=O)O. The lowest BCUT2D eigenvalue weighted by molar-refractivity contribution is -0.131. The Labute approximate surface area is 96.5 Å². The quantitative estimate of drug-likeness (QED) is 0.714. The molecular weight excluding hydrogens is 204 g/mol. The van der Waals surface area contributed by atoms with Crippen molar-refractivity contribution in [3.8, 4) is 0 Å². The molecule has 4 nitrogen and oxygen atoms in total. The van der Waals surface area contributed by atoms with Crippen molar-refractivity contribution in [1.82, 2.24) is 9.80 Å². The van der Waals surface area contributed by atoms with Crippen molar-refractivity contribution in [2.45, 2.75) is 38.3 Å². The van der Waals surface area contributed by atoms with Crippen molar-refractivity contribution < 1.29 is 9.90 Å². The largest absolute Gasteiger partial charge is 0.478 e. The van der Waals surface area contributed by atoms with E-state index >= 15 is 0 Å². The standard InChI is InChI=1S/C12H20N2O2/c1-10-8-14-6-3-2-4-11(14)9-13(10)7-5-12(15)16/h5,7,10-11H,2-4,6,8-9H2,1H3,(H,15,16). The van der Waals surface area contributed by atoms with Crippen LogP contribution >= 0.6 is 0 Å². The van der Waals surface area contributed by atoms with Crippen molar-refractivity contribution in [3.63, 3.8) is 0 Å². The highest BCUT2D eigenvalue weighted by Crippen LogP contribution is 2.23. The zero-order valence-electron chi connectivity index (χ0n) is 9.80. The molecule has 4 heteroatoms. The van der Waals surface area contributed by atoms with Gasteiger partial charge in [-0.2, -0.15) is 0 Å². The number of hydrogen-bond acceptors (Lipinski definition) is 3. The van der Waals surface area contributed by atoms with Crippen LogP contribution in [0.4, 0.5) is 0 Å². The summed E-state index contributed by atoms with van der Waals surface area (Å²) < 4.78 is 0. The van der Waals surface area contributed by atoms with E-state index in [0.717, 1.165) is 13.1 Å². The van der Waals surface area contributed by atoms with E-state index in [4.69, 9.17) is 5.11 Å². The second-order valence-corrected chi connectivity index (χ2v) is 4.84. The first kappa shape index (κ1) is 11.5. The number of nitrogens with zero attached hydrogens (tertiary/aromatic N) is 2. The molecule has 2 fully saturated rings. The minimum Gasteiger partial charge on any atom is -0.478 e. The lowest BCUT2D eigenvalue weighted by Crippen LogP contribution is -2.57. The Morgan fingerprint density at radius 1 is 1.38 bits per heavy atom. The van der Waals surface area contributed by atoms with Gasteiger partial charge in [-0.3, -0.25) is 4.90 Å². The first-order valence-electron chi connectivity index (χ1n) is 6.08. The van der Waals surface area contributed by atoms with Gasteiger partial charge >= 0.3 is 5.97 Å². The molecular formula is C12H20N2O2. The van der Waals surface area contributed by atoms with Gasteiger partial charge in [-0.15, -0.1) is 0 Å². The second-order valence-electron chi connectivity index (χ2n) is 4.84. The number of piperazine rings is 1. The van der Waals surface area contributed by atoms with Crippen molar-refractivity contribution in [1.29, 1.82) is 0 Å². The van der Waals surface area contributed by atoms with Crippen LogP contribution in [0.2, 0.25) is 0 Å². The van der Waals surface area contributed by atoms with Gasteiger partial charge in [0.2, 0.25) is 0 Å². The first-order chi connectivity index (χ1) is 7.66. The van der Waals surface area contributed by atoms with Gasteiger partial charge in [0.25, 0.3) is 0 Å². The maximum absolute atomic E-state index is 10.5. The summed E-state index contributed by atoms with van der Waals surface area (Å²) in [4.78, 5) is 15.2. The van der Waals surface area contributed by atoms with Gasteiger partial charge in [-0.1, -0.05) is 6.42 Å². The van der Waals surface area contributed by atoms with Crippen molar-refractivity contribution >= 4 is 5.97 Å². The molecule has 16 heavy (non-hydrogen) atoms. The molecule has 0 aromatic heterocycles. The first-order valence-corrected chi connectivity index (χ1v) is 6.08. The topological polar surface area (TPSA) is 43.8 Å². The van der Waals surface area contributed by atoms with Crippen LogP contribution in [0.5, 0.6) is 0 Å². The fourth-order valence-corrected chi connectivity index (χ4v) is 2.74. The number of aliphatic carboxylic acids is 1. The van der Waals surface area contributed by atoms with E-state index in [0.29, 0.717) is 12.1 Å². The molecule has 2 atom stereocenters. The van der Waals surface area contributed by atoms with Gasteiger partial charge in [0.1, 0.15) is 0 Å². The lowest BCUT2D eigenvalue weighted by Gasteiger charge is -2.47. The van der Waals surface area contributed by atoms with Gasteiger partial charge in [0.05, 0.1) is 0 Å². The van der Waals surface area contributed by atoms with E-state index in [2.05, 4.69) is 16.7 Å². The third-order valence-electron chi connectivity index (χ3n) is 3.64. The predicted molar refractivity (Wildman–Crippen MR) is 62.2 cm³/mol. The van der Waals surface area contributed by atoms with E-state index in [9.17, 15) is 4.79 Å². The molecule has 2 rings (SSSR count). The number of carboxylic acid groups (broad SMARTS) is 1. The van der Waals surface area contributed by atoms with Gasteiger partial charge in [-0.05, 0) is 26.3 Å². The molecule has 2 saturated heterocycles. The lowest BCUT2D eigenvalue weighted by atomic mass is 9.97. The molecule has 2 aliphatic rings. The van der Waals surface area contributed by atoms with Crippen LogP contribution in [-0.4, -0.2) is 52.6 Å².